The number of anilines is 1. The first kappa shape index (κ1) is 19.9. The van der Waals surface area contributed by atoms with E-state index in [1.54, 1.807) is 12.1 Å². The van der Waals surface area contributed by atoms with Gasteiger partial charge < -0.3 is 5.32 Å². The van der Waals surface area contributed by atoms with Crippen molar-refractivity contribution in [1.29, 1.82) is 0 Å². The number of hydrogen-bond donors (Lipinski definition) is 1. The maximum Gasteiger partial charge on any atom is 0.251 e. The number of benzene rings is 2. The molecular weight excluding hydrogens is 355 g/mol. The van der Waals surface area contributed by atoms with Gasteiger partial charge in [0.05, 0.1) is 18.5 Å². The largest absolute Gasteiger partial charge is 0.350 e. The summed E-state index contributed by atoms with van der Waals surface area (Å²) in [6, 6.07) is 12.6. The van der Waals surface area contributed by atoms with Gasteiger partial charge in [-0.2, -0.15) is 0 Å². The van der Waals surface area contributed by atoms with Crippen molar-refractivity contribution in [1.82, 2.24) is 5.32 Å². The lowest BCUT2D eigenvalue weighted by Crippen LogP contribution is -2.38. The van der Waals surface area contributed by atoms with Crippen molar-refractivity contribution in [3.05, 3.63) is 65.5 Å². The molecule has 0 unspecified atom stereocenters. The molecule has 0 aliphatic rings. The molecule has 0 aromatic heterocycles. The number of nitrogens with zero attached hydrogens (tertiary/aromatic N) is 1. The predicted octanol–water partition coefficient (Wildman–Crippen LogP) is 3.15. The van der Waals surface area contributed by atoms with Gasteiger partial charge in [0.1, 0.15) is 5.82 Å². The van der Waals surface area contributed by atoms with E-state index in [1.165, 1.54) is 22.5 Å². The highest BCUT2D eigenvalue weighted by molar-refractivity contribution is 7.92. The van der Waals surface area contributed by atoms with Gasteiger partial charge in [0, 0.05) is 12.1 Å². The van der Waals surface area contributed by atoms with Crippen LogP contribution >= 0.6 is 0 Å². The van der Waals surface area contributed by atoms with E-state index in [9.17, 15) is 17.6 Å². The van der Waals surface area contributed by atoms with Gasteiger partial charge in [-0.15, -0.1) is 0 Å². The summed E-state index contributed by atoms with van der Waals surface area (Å²) < 4.78 is 38.6. The summed E-state index contributed by atoms with van der Waals surface area (Å²) in [5.41, 5.74) is 1.84. The Hall–Kier alpha value is -2.41. The van der Waals surface area contributed by atoms with E-state index in [2.05, 4.69) is 19.2 Å². The molecule has 0 radical (unpaired) electrons. The first-order valence-corrected chi connectivity index (χ1v) is 10.1. The van der Waals surface area contributed by atoms with Gasteiger partial charge in [-0.1, -0.05) is 32.0 Å². The van der Waals surface area contributed by atoms with Crippen LogP contribution in [0, 0.1) is 5.82 Å². The van der Waals surface area contributed by atoms with Gasteiger partial charge in [-0.3, -0.25) is 9.10 Å². The van der Waals surface area contributed by atoms with Crippen LogP contribution in [0.1, 0.15) is 35.7 Å². The van der Waals surface area contributed by atoms with Crippen LogP contribution in [0.5, 0.6) is 0 Å². The van der Waals surface area contributed by atoms with Crippen LogP contribution in [0.2, 0.25) is 0 Å². The lowest BCUT2D eigenvalue weighted by atomic mass is 10.0. The topological polar surface area (TPSA) is 66.5 Å². The molecule has 7 heteroatoms. The number of nitrogens with one attached hydrogen (secondary N) is 1. The monoisotopic (exact) mass is 378 g/mol. The maximum absolute atomic E-state index is 13.2. The van der Waals surface area contributed by atoms with Crippen molar-refractivity contribution in [3.63, 3.8) is 0 Å². The molecule has 1 amide bonds. The fourth-order valence-electron chi connectivity index (χ4n) is 2.51. The van der Waals surface area contributed by atoms with Crippen LogP contribution in [-0.2, 0) is 10.0 Å². The molecule has 0 spiro atoms. The summed E-state index contributed by atoms with van der Waals surface area (Å²) in [4.78, 5) is 12.0. The molecule has 0 saturated heterocycles. The van der Waals surface area contributed by atoms with E-state index < -0.39 is 21.7 Å². The molecule has 140 valence electrons. The molecule has 26 heavy (non-hydrogen) atoms. The Morgan fingerprint density at radius 1 is 1.15 bits per heavy atom. The van der Waals surface area contributed by atoms with E-state index in [4.69, 9.17) is 0 Å². The lowest BCUT2D eigenvalue weighted by molar-refractivity contribution is 0.0954. The minimum atomic E-state index is -3.50. The van der Waals surface area contributed by atoms with Gasteiger partial charge in [-0.05, 0) is 41.8 Å². The standard InChI is InChI=1S/C19H23FN2O3S/c1-14(2)15-7-9-18(10-8-15)22(26(3,24)25)12-11-21-19(23)16-5-4-6-17(20)13-16/h4-10,13-14H,11-12H2,1-3H3,(H,21,23). The number of amides is 1. The Balaban J connectivity index is 2.06. The smallest absolute Gasteiger partial charge is 0.251 e. The molecule has 0 aliphatic heterocycles. The number of carbonyl (C=O) groups excluding carboxylic acids is 1. The van der Waals surface area contributed by atoms with Crippen LogP contribution < -0.4 is 9.62 Å². The van der Waals surface area contributed by atoms with Gasteiger partial charge in [0.2, 0.25) is 10.0 Å². The molecule has 0 bridgehead atoms. The SMILES string of the molecule is CC(C)c1ccc(N(CCNC(=O)c2cccc(F)c2)S(C)(=O)=O)cc1. The predicted molar refractivity (Wildman–Crippen MR) is 101 cm³/mol. The average molecular weight is 378 g/mol. The molecule has 0 heterocycles. The Bertz CT molecular complexity index is 865. The fraction of sp³-hybridized carbons (Fsp3) is 0.316. The lowest BCUT2D eigenvalue weighted by Gasteiger charge is -2.23. The van der Waals surface area contributed by atoms with Crippen molar-refractivity contribution in [3.8, 4) is 0 Å². The Morgan fingerprint density at radius 2 is 1.81 bits per heavy atom. The second-order valence-corrected chi connectivity index (χ2v) is 8.25. The number of halogens is 1. The molecule has 0 aliphatic carbocycles. The van der Waals surface area contributed by atoms with Gasteiger partial charge in [0.25, 0.3) is 5.91 Å². The summed E-state index contributed by atoms with van der Waals surface area (Å²) in [6.07, 6.45) is 1.12. The van der Waals surface area contributed by atoms with Crippen LogP contribution in [0.25, 0.3) is 0 Å². The third-order valence-electron chi connectivity index (χ3n) is 3.94. The van der Waals surface area contributed by atoms with Crippen LogP contribution in [0.15, 0.2) is 48.5 Å². The highest BCUT2D eigenvalue weighted by Gasteiger charge is 2.18. The highest BCUT2D eigenvalue weighted by atomic mass is 32.2. The normalized spacial score (nSPS) is 11.4. The van der Waals surface area contributed by atoms with Gasteiger partial charge >= 0.3 is 0 Å². The van der Waals surface area contributed by atoms with E-state index in [0.717, 1.165) is 17.9 Å². The molecule has 1 N–H and O–H groups in total. The van der Waals surface area contributed by atoms with E-state index in [1.807, 2.05) is 12.1 Å². The number of sulfonamides is 1. The van der Waals surface area contributed by atoms with Crippen molar-refractivity contribution < 1.29 is 17.6 Å². The van der Waals surface area contributed by atoms with E-state index >= 15 is 0 Å². The zero-order valence-corrected chi connectivity index (χ0v) is 15.9. The molecule has 2 aromatic rings. The van der Waals surface area contributed by atoms with E-state index in [-0.39, 0.29) is 18.7 Å². The molecule has 0 fully saturated rings. The average Bonchev–Trinajstić information content (AvgIpc) is 2.57. The van der Waals surface area contributed by atoms with Crippen LogP contribution in [0.4, 0.5) is 10.1 Å². The molecule has 2 aromatic carbocycles. The Labute approximate surface area is 153 Å². The van der Waals surface area contributed by atoms with Crippen molar-refractivity contribution in [2.24, 2.45) is 0 Å². The molecule has 0 atom stereocenters. The van der Waals surface area contributed by atoms with Crippen LogP contribution in [-0.4, -0.2) is 33.7 Å². The molecule has 0 saturated carbocycles. The third-order valence-corrected chi connectivity index (χ3v) is 5.13. The zero-order chi connectivity index (χ0) is 19.3. The summed E-state index contributed by atoms with van der Waals surface area (Å²) in [5.74, 6) is -0.602. The van der Waals surface area contributed by atoms with E-state index in [0.29, 0.717) is 11.6 Å². The quantitative estimate of drug-likeness (QED) is 0.805. The molecule has 5 nitrogen and oxygen atoms in total. The maximum atomic E-state index is 13.2. The second-order valence-electron chi connectivity index (χ2n) is 6.35. The highest BCUT2D eigenvalue weighted by Crippen LogP contribution is 2.21. The summed E-state index contributed by atoms with van der Waals surface area (Å²) in [7, 11) is -3.50. The van der Waals surface area contributed by atoms with Gasteiger partial charge in [0.15, 0.2) is 0 Å². The van der Waals surface area contributed by atoms with Crippen LogP contribution in [0.3, 0.4) is 0 Å². The third kappa shape index (κ3) is 5.29. The van der Waals surface area contributed by atoms with Crippen molar-refractivity contribution in [2.75, 3.05) is 23.7 Å². The summed E-state index contributed by atoms with van der Waals surface area (Å²) >= 11 is 0. The van der Waals surface area contributed by atoms with Gasteiger partial charge in [-0.25, -0.2) is 12.8 Å². The summed E-state index contributed by atoms with van der Waals surface area (Å²) in [5, 5.41) is 2.62. The first-order chi connectivity index (χ1) is 12.2. The molecule has 2 rings (SSSR count). The minimum Gasteiger partial charge on any atom is -0.350 e. The molecular formula is C19H23FN2O3S. The van der Waals surface area contributed by atoms with Crippen molar-refractivity contribution >= 4 is 21.6 Å². The Kier molecular flexibility index (Phi) is 6.37. The number of rotatable bonds is 7. The fourth-order valence-corrected chi connectivity index (χ4v) is 3.44. The zero-order valence-electron chi connectivity index (χ0n) is 15.1. The minimum absolute atomic E-state index is 0.0842. The Morgan fingerprint density at radius 3 is 2.35 bits per heavy atom. The first-order valence-electron chi connectivity index (χ1n) is 8.30. The summed E-state index contributed by atoms with van der Waals surface area (Å²) in [6.45, 7) is 4.31. The second kappa shape index (κ2) is 8.31. The number of hydrogen-bond acceptors (Lipinski definition) is 3. The number of carbonyl (C=O) groups is 1. The van der Waals surface area contributed by atoms with Crippen molar-refractivity contribution in [2.45, 2.75) is 19.8 Å².